The van der Waals surface area contributed by atoms with Gasteiger partial charge in [-0.05, 0) is 48.6 Å². The van der Waals surface area contributed by atoms with Crippen molar-refractivity contribution in [3.8, 4) is 5.75 Å². The zero-order chi connectivity index (χ0) is 18.6. The fourth-order valence-electron chi connectivity index (χ4n) is 3.78. The molecule has 0 radical (unpaired) electrons. The lowest BCUT2D eigenvalue weighted by atomic mass is 9.96. The molecule has 1 fully saturated rings. The summed E-state index contributed by atoms with van der Waals surface area (Å²) < 4.78 is 8.06. The summed E-state index contributed by atoms with van der Waals surface area (Å²) >= 11 is 0. The Morgan fingerprint density at radius 1 is 1.19 bits per heavy atom. The van der Waals surface area contributed by atoms with E-state index in [-0.39, 0.29) is 5.91 Å². The lowest BCUT2D eigenvalue weighted by Gasteiger charge is -2.33. The molecule has 140 valence electrons. The van der Waals surface area contributed by atoms with Gasteiger partial charge < -0.3 is 14.2 Å². The Bertz CT molecular complexity index is 899. The van der Waals surface area contributed by atoms with E-state index in [1.165, 1.54) is 5.39 Å². The van der Waals surface area contributed by atoms with E-state index in [0.29, 0.717) is 5.92 Å². The highest BCUT2D eigenvalue weighted by Gasteiger charge is 2.27. The molecular formula is C22H25N3O2. The molecule has 1 aromatic heterocycles. The number of nitrogens with zero attached hydrogens (tertiary/aromatic N) is 3. The van der Waals surface area contributed by atoms with E-state index >= 15 is 0 Å². The van der Waals surface area contributed by atoms with Crippen molar-refractivity contribution in [2.45, 2.75) is 32.4 Å². The highest BCUT2D eigenvalue weighted by atomic mass is 16.5. The van der Waals surface area contributed by atoms with Gasteiger partial charge in [-0.2, -0.15) is 0 Å². The van der Waals surface area contributed by atoms with Crippen molar-refractivity contribution in [3.63, 3.8) is 0 Å². The number of aromatic nitrogens is 2. The first-order chi connectivity index (χ1) is 13.2. The van der Waals surface area contributed by atoms with Crippen molar-refractivity contribution >= 4 is 16.7 Å². The number of piperidine rings is 1. The van der Waals surface area contributed by atoms with Crippen LogP contribution in [0.3, 0.4) is 0 Å². The molecule has 1 unspecified atom stereocenters. The molecule has 2 heterocycles. The first kappa shape index (κ1) is 17.6. The monoisotopic (exact) mass is 363 g/mol. The molecule has 5 heteroatoms. The number of amides is 1. The van der Waals surface area contributed by atoms with Gasteiger partial charge in [-0.15, -0.1) is 0 Å². The fourth-order valence-corrected chi connectivity index (χ4v) is 3.78. The Kier molecular flexibility index (Phi) is 5.10. The normalized spacial score (nSPS) is 16.4. The van der Waals surface area contributed by atoms with Gasteiger partial charge >= 0.3 is 0 Å². The highest BCUT2D eigenvalue weighted by Crippen LogP contribution is 2.23. The number of hydrogen-bond acceptors (Lipinski definition) is 3. The summed E-state index contributed by atoms with van der Waals surface area (Å²) in [6.07, 6.45) is 7.23. The molecule has 1 saturated heterocycles. The summed E-state index contributed by atoms with van der Waals surface area (Å²) in [5, 5.41) is 2.29. The molecule has 5 nitrogen and oxygen atoms in total. The van der Waals surface area contributed by atoms with Crippen molar-refractivity contribution in [1.82, 2.24) is 14.5 Å². The average molecular weight is 363 g/mol. The number of hydrogen-bond donors (Lipinski definition) is 0. The number of imidazole rings is 1. The molecule has 4 rings (SSSR count). The van der Waals surface area contributed by atoms with Crippen LogP contribution in [0.4, 0.5) is 0 Å². The minimum absolute atomic E-state index is 0.0734. The van der Waals surface area contributed by atoms with Crippen molar-refractivity contribution < 1.29 is 9.53 Å². The minimum Gasteiger partial charge on any atom is -0.481 e. The SMILES string of the molecule is CC(Oc1ccc2ccccc2c1)C(=O)N1CCC(Cn2ccnc2)CC1. The molecule has 27 heavy (non-hydrogen) atoms. The van der Waals surface area contributed by atoms with Crippen LogP contribution >= 0.6 is 0 Å². The molecule has 1 atom stereocenters. The Hall–Kier alpha value is -2.82. The van der Waals surface area contributed by atoms with Gasteiger partial charge in [0.15, 0.2) is 6.10 Å². The van der Waals surface area contributed by atoms with Gasteiger partial charge in [0.1, 0.15) is 5.75 Å². The Morgan fingerprint density at radius 2 is 1.96 bits per heavy atom. The summed E-state index contributed by atoms with van der Waals surface area (Å²) in [6.45, 7) is 4.41. The van der Waals surface area contributed by atoms with Crippen molar-refractivity contribution in [2.75, 3.05) is 13.1 Å². The van der Waals surface area contributed by atoms with Crippen LogP contribution < -0.4 is 4.74 Å². The molecule has 0 bridgehead atoms. The van der Waals surface area contributed by atoms with E-state index in [4.69, 9.17) is 4.74 Å². The Labute approximate surface area is 159 Å². The number of carbonyl (C=O) groups excluding carboxylic acids is 1. The smallest absolute Gasteiger partial charge is 0.263 e. The maximum atomic E-state index is 12.8. The fraction of sp³-hybridized carbons (Fsp3) is 0.364. The third kappa shape index (κ3) is 4.13. The molecule has 0 spiro atoms. The first-order valence-electron chi connectivity index (χ1n) is 9.59. The molecule has 3 aromatic rings. The number of carbonyl (C=O) groups is 1. The van der Waals surface area contributed by atoms with E-state index in [1.54, 1.807) is 0 Å². The lowest BCUT2D eigenvalue weighted by molar-refractivity contribution is -0.139. The third-order valence-electron chi connectivity index (χ3n) is 5.34. The Morgan fingerprint density at radius 3 is 2.70 bits per heavy atom. The molecule has 1 aliphatic heterocycles. The van der Waals surface area contributed by atoms with E-state index in [2.05, 4.69) is 21.7 Å². The second-order valence-electron chi connectivity index (χ2n) is 7.30. The van der Waals surface area contributed by atoms with Gasteiger partial charge in [0, 0.05) is 32.0 Å². The first-order valence-corrected chi connectivity index (χ1v) is 9.59. The van der Waals surface area contributed by atoms with E-state index in [9.17, 15) is 4.79 Å². The maximum Gasteiger partial charge on any atom is 0.263 e. The van der Waals surface area contributed by atoms with Crippen LogP contribution in [-0.4, -0.2) is 39.6 Å². The van der Waals surface area contributed by atoms with Crippen LogP contribution in [0.2, 0.25) is 0 Å². The second-order valence-corrected chi connectivity index (χ2v) is 7.30. The molecule has 1 amide bonds. The number of likely N-dealkylation sites (tertiary alicyclic amines) is 1. The highest BCUT2D eigenvalue weighted by molar-refractivity contribution is 5.84. The zero-order valence-electron chi connectivity index (χ0n) is 15.6. The standard InChI is InChI=1S/C22H25N3O2/c1-17(27-21-7-6-19-4-2-3-5-20(19)14-21)22(26)25-11-8-18(9-12-25)15-24-13-10-23-16-24/h2-7,10,13-14,16-18H,8-9,11-12,15H2,1H3. The summed E-state index contributed by atoms with van der Waals surface area (Å²) in [6, 6.07) is 14.1. The molecule has 1 aliphatic rings. The largest absolute Gasteiger partial charge is 0.481 e. The quantitative estimate of drug-likeness (QED) is 0.694. The van der Waals surface area contributed by atoms with Gasteiger partial charge in [-0.3, -0.25) is 4.79 Å². The van der Waals surface area contributed by atoms with Crippen LogP contribution in [0.15, 0.2) is 61.2 Å². The lowest BCUT2D eigenvalue weighted by Crippen LogP contribution is -2.45. The van der Waals surface area contributed by atoms with E-state index in [1.807, 2.05) is 60.9 Å². The number of ether oxygens (including phenoxy) is 1. The summed E-state index contributed by atoms with van der Waals surface area (Å²) in [5.74, 6) is 1.41. The maximum absolute atomic E-state index is 12.8. The van der Waals surface area contributed by atoms with Gasteiger partial charge in [-0.1, -0.05) is 30.3 Å². The van der Waals surface area contributed by atoms with Crippen molar-refractivity contribution in [3.05, 3.63) is 61.2 Å². The number of fused-ring (bicyclic) bond motifs is 1. The minimum atomic E-state index is -0.476. The summed E-state index contributed by atoms with van der Waals surface area (Å²) in [5.41, 5.74) is 0. The van der Waals surface area contributed by atoms with Crippen LogP contribution in [0.25, 0.3) is 10.8 Å². The van der Waals surface area contributed by atoms with Crippen molar-refractivity contribution in [2.24, 2.45) is 5.92 Å². The molecule has 2 aromatic carbocycles. The molecular weight excluding hydrogens is 338 g/mol. The van der Waals surface area contributed by atoms with Gasteiger partial charge in [0.2, 0.25) is 0 Å². The predicted molar refractivity (Wildman–Crippen MR) is 106 cm³/mol. The van der Waals surface area contributed by atoms with Crippen LogP contribution in [0, 0.1) is 5.92 Å². The topological polar surface area (TPSA) is 47.4 Å². The van der Waals surface area contributed by atoms with E-state index < -0.39 is 6.10 Å². The van der Waals surface area contributed by atoms with Crippen LogP contribution in [0.5, 0.6) is 5.75 Å². The zero-order valence-corrected chi connectivity index (χ0v) is 15.6. The average Bonchev–Trinajstić information content (AvgIpc) is 3.21. The third-order valence-corrected chi connectivity index (χ3v) is 5.34. The molecule has 0 saturated carbocycles. The molecule has 0 N–H and O–H groups in total. The van der Waals surface area contributed by atoms with Gasteiger partial charge in [-0.25, -0.2) is 4.98 Å². The number of benzene rings is 2. The summed E-state index contributed by atoms with van der Waals surface area (Å²) in [4.78, 5) is 18.8. The molecule has 0 aliphatic carbocycles. The van der Waals surface area contributed by atoms with Gasteiger partial charge in [0.05, 0.1) is 6.33 Å². The van der Waals surface area contributed by atoms with Gasteiger partial charge in [0.25, 0.3) is 5.91 Å². The summed E-state index contributed by atoms with van der Waals surface area (Å²) in [7, 11) is 0. The van der Waals surface area contributed by atoms with Crippen molar-refractivity contribution in [1.29, 1.82) is 0 Å². The Balaban J connectivity index is 1.32. The van der Waals surface area contributed by atoms with E-state index in [0.717, 1.165) is 43.6 Å². The van der Waals surface area contributed by atoms with Crippen LogP contribution in [-0.2, 0) is 11.3 Å². The second kappa shape index (κ2) is 7.82. The predicted octanol–water partition coefficient (Wildman–Crippen LogP) is 3.74. The van der Waals surface area contributed by atoms with Crippen LogP contribution in [0.1, 0.15) is 19.8 Å². The number of rotatable bonds is 5.